The molecule has 2 rings (SSSR count). The SMILES string of the molecule is CCCN1CCC(NC(=O)[C@@H]2CNC[C@H]2C)CC1.Cl. The van der Waals surface area contributed by atoms with Crippen LogP contribution in [0.5, 0.6) is 0 Å². The van der Waals surface area contributed by atoms with E-state index in [2.05, 4.69) is 29.4 Å². The van der Waals surface area contributed by atoms with Crippen LogP contribution in [0.25, 0.3) is 0 Å². The molecule has 0 aromatic heterocycles. The molecule has 2 heterocycles. The van der Waals surface area contributed by atoms with E-state index >= 15 is 0 Å². The van der Waals surface area contributed by atoms with E-state index in [1.54, 1.807) is 0 Å². The molecule has 2 aliphatic rings. The first kappa shape index (κ1) is 16.7. The number of piperidine rings is 1. The van der Waals surface area contributed by atoms with Crippen molar-refractivity contribution in [1.29, 1.82) is 0 Å². The van der Waals surface area contributed by atoms with E-state index in [-0.39, 0.29) is 24.2 Å². The molecular formula is C14H28ClN3O. The van der Waals surface area contributed by atoms with E-state index in [0.29, 0.717) is 12.0 Å². The number of nitrogens with one attached hydrogen (secondary N) is 2. The molecule has 2 atom stereocenters. The van der Waals surface area contributed by atoms with E-state index in [1.165, 1.54) is 13.0 Å². The quantitative estimate of drug-likeness (QED) is 0.819. The van der Waals surface area contributed by atoms with E-state index in [0.717, 1.165) is 39.0 Å². The molecule has 19 heavy (non-hydrogen) atoms. The second-order valence-corrected chi connectivity index (χ2v) is 5.87. The normalized spacial score (nSPS) is 28.9. The van der Waals surface area contributed by atoms with Gasteiger partial charge >= 0.3 is 0 Å². The molecule has 2 fully saturated rings. The third-order valence-electron chi connectivity index (χ3n) is 4.33. The predicted molar refractivity (Wildman–Crippen MR) is 80.7 cm³/mol. The monoisotopic (exact) mass is 289 g/mol. The van der Waals surface area contributed by atoms with Crippen LogP contribution in [0.3, 0.4) is 0 Å². The summed E-state index contributed by atoms with van der Waals surface area (Å²) in [4.78, 5) is 14.7. The number of amides is 1. The second kappa shape index (κ2) is 8.08. The van der Waals surface area contributed by atoms with Gasteiger partial charge in [-0.2, -0.15) is 0 Å². The van der Waals surface area contributed by atoms with Crippen molar-refractivity contribution < 1.29 is 4.79 Å². The van der Waals surface area contributed by atoms with Gasteiger partial charge in [0.2, 0.25) is 5.91 Å². The van der Waals surface area contributed by atoms with Gasteiger partial charge < -0.3 is 15.5 Å². The van der Waals surface area contributed by atoms with E-state index in [9.17, 15) is 4.79 Å². The summed E-state index contributed by atoms with van der Waals surface area (Å²) in [6, 6.07) is 0.401. The van der Waals surface area contributed by atoms with Crippen LogP contribution in [0.1, 0.15) is 33.1 Å². The van der Waals surface area contributed by atoms with Gasteiger partial charge in [0, 0.05) is 25.7 Å². The lowest BCUT2D eigenvalue weighted by Crippen LogP contribution is -2.47. The van der Waals surface area contributed by atoms with Gasteiger partial charge in [0.05, 0.1) is 5.92 Å². The first-order valence-electron chi connectivity index (χ1n) is 7.44. The number of carbonyl (C=O) groups excluding carboxylic acids is 1. The molecule has 2 saturated heterocycles. The molecule has 2 aliphatic heterocycles. The van der Waals surface area contributed by atoms with E-state index in [1.807, 2.05) is 0 Å². The lowest BCUT2D eigenvalue weighted by molar-refractivity contribution is -0.126. The van der Waals surface area contributed by atoms with Crippen LogP contribution < -0.4 is 10.6 Å². The van der Waals surface area contributed by atoms with Crippen molar-refractivity contribution in [2.75, 3.05) is 32.7 Å². The van der Waals surface area contributed by atoms with Crippen molar-refractivity contribution in [3.8, 4) is 0 Å². The predicted octanol–water partition coefficient (Wildman–Crippen LogP) is 1.25. The maximum Gasteiger partial charge on any atom is 0.224 e. The molecule has 0 aromatic rings. The minimum Gasteiger partial charge on any atom is -0.353 e. The Kier molecular flexibility index (Phi) is 7.11. The minimum atomic E-state index is 0. The molecule has 0 unspecified atom stereocenters. The lowest BCUT2D eigenvalue weighted by atomic mass is 9.96. The molecule has 1 amide bonds. The Bertz CT molecular complexity index is 280. The number of carbonyl (C=O) groups is 1. The first-order chi connectivity index (χ1) is 8.70. The number of hydrogen-bond donors (Lipinski definition) is 2. The number of rotatable bonds is 4. The summed E-state index contributed by atoms with van der Waals surface area (Å²) in [7, 11) is 0. The van der Waals surface area contributed by atoms with Crippen LogP contribution in [-0.4, -0.2) is 49.6 Å². The standard InChI is InChI=1S/C14H27N3O.ClH/c1-3-6-17-7-4-12(5-8-17)16-14(18)13-10-15-9-11(13)2;/h11-13,15H,3-10H2,1-2H3,(H,16,18);1H/t11-,13-;/m1./s1. The number of hydrogen-bond acceptors (Lipinski definition) is 3. The van der Waals surface area contributed by atoms with Gasteiger partial charge in [0.25, 0.3) is 0 Å². The van der Waals surface area contributed by atoms with Gasteiger partial charge in [0.15, 0.2) is 0 Å². The average molecular weight is 290 g/mol. The summed E-state index contributed by atoms with van der Waals surface area (Å²) in [6.07, 6.45) is 3.45. The Morgan fingerprint density at radius 1 is 1.32 bits per heavy atom. The fourth-order valence-electron chi connectivity index (χ4n) is 3.09. The number of halogens is 1. The molecule has 0 bridgehead atoms. The Morgan fingerprint density at radius 2 is 2.00 bits per heavy atom. The van der Waals surface area contributed by atoms with Gasteiger partial charge in [-0.15, -0.1) is 12.4 Å². The van der Waals surface area contributed by atoms with Gasteiger partial charge in [-0.1, -0.05) is 13.8 Å². The number of nitrogens with zero attached hydrogens (tertiary/aromatic N) is 1. The highest BCUT2D eigenvalue weighted by Crippen LogP contribution is 2.17. The maximum atomic E-state index is 12.2. The van der Waals surface area contributed by atoms with Crippen molar-refractivity contribution in [3.05, 3.63) is 0 Å². The van der Waals surface area contributed by atoms with Crippen molar-refractivity contribution in [2.45, 2.75) is 39.2 Å². The maximum absolute atomic E-state index is 12.2. The van der Waals surface area contributed by atoms with Crippen LogP contribution in [-0.2, 0) is 4.79 Å². The van der Waals surface area contributed by atoms with Crippen LogP contribution in [0, 0.1) is 11.8 Å². The van der Waals surface area contributed by atoms with Crippen LogP contribution in [0.4, 0.5) is 0 Å². The van der Waals surface area contributed by atoms with E-state index in [4.69, 9.17) is 0 Å². The van der Waals surface area contributed by atoms with Crippen LogP contribution in [0.2, 0.25) is 0 Å². The summed E-state index contributed by atoms with van der Waals surface area (Å²) in [5, 5.41) is 6.54. The average Bonchev–Trinajstić information content (AvgIpc) is 2.78. The molecule has 0 radical (unpaired) electrons. The zero-order valence-electron chi connectivity index (χ0n) is 12.2. The highest BCUT2D eigenvalue weighted by molar-refractivity contribution is 5.85. The Hall–Kier alpha value is -0.320. The highest BCUT2D eigenvalue weighted by Gasteiger charge is 2.31. The molecule has 112 valence electrons. The topological polar surface area (TPSA) is 44.4 Å². The molecule has 0 saturated carbocycles. The minimum absolute atomic E-state index is 0. The molecule has 2 N–H and O–H groups in total. The molecule has 0 spiro atoms. The molecule has 0 aromatic carbocycles. The fourth-order valence-corrected chi connectivity index (χ4v) is 3.09. The van der Waals surface area contributed by atoms with Crippen LogP contribution >= 0.6 is 12.4 Å². The summed E-state index contributed by atoms with van der Waals surface area (Å²) >= 11 is 0. The summed E-state index contributed by atoms with van der Waals surface area (Å²) in [6.45, 7) is 9.68. The summed E-state index contributed by atoms with van der Waals surface area (Å²) in [5.74, 6) is 0.922. The van der Waals surface area contributed by atoms with Crippen molar-refractivity contribution in [1.82, 2.24) is 15.5 Å². The smallest absolute Gasteiger partial charge is 0.224 e. The molecular weight excluding hydrogens is 262 g/mol. The molecule has 0 aliphatic carbocycles. The Labute approximate surface area is 123 Å². The largest absolute Gasteiger partial charge is 0.353 e. The molecule has 5 heteroatoms. The second-order valence-electron chi connectivity index (χ2n) is 5.87. The van der Waals surface area contributed by atoms with Gasteiger partial charge in [-0.05, 0) is 38.3 Å². The van der Waals surface area contributed by atoms with Gasteiger partial charge in [-0.25, -0.2) is 0 Å². The van der Waals surface area contributed by atoms with Gasteiger partial charge in [-0.3, -0.25) is 4.79 Å². The third-order valence-corrected chi connectivity index (χ3v) is 4.33. The van der Waals surface area contributed by atoms with E-state index < -0.39 is 0 Å². The van der Waals surface area contributed by atoms with Crippen molar-refractivity contribution >= 4 is 18.3 Å². The zero-order chi connectivity index (χ0) is 13.0. The zero-order valence-corrected chi connectivity index (χ0v) is 13.0. The van der Waals surface area contributed by atoms with Crippen molar-refractivity contribution in [2.24, 2.45) is 11.8 Å². The third kappa shape index (κ3) is 4.62. The Morgan fingerprint density at radius 3 is 2.53 bits per heavy atom. The number of likely N-dealkylation sites (tertiary alicyclic amines) is 1. The summed E-state index contributed by atoms with van der Waals surface area (Å²) in [5.41, 5.74) is 0. The summed E-state index contributed by atoms with van der Waals surface area (Å²) < 4.78 is 0. The highest BCUT2D eigenvalue weighted by atomic mass is 35.5. The lowest BCUT2D eigenvalue weighted by Gasteiger charge is -2.32. The first-order valence-corrected chi connectivity index (χ1v) is 7.44. The van der Waals surface area contributed by atoms with Crippen molar-refractivity contribution in [3.63, 3.8) is 0 Å². The molecule has 4 nitrogen and oxygen atoms in total. The Balaban J connectivity index is 0.00000180. The van der Waals surface area contributed by atoms with Gasteiger partial charge in [0.1, 0.15) is 0 Å². The fraction of sp³-hybridized carbons (Fsp3) is 0.929. The van der Waals surface area contributed by atoms with Crippen LogP contribution in [0.15, 0.2) is 0 Å².